The minimum Gasteiger partial charge on any atom is -0.489 e. The number of hydrogen-bond acceptors (Lipinski definition) is 3. The van der Waals surface area contributed by atoms with E-state index >= 15 is 0 Å². The summed E-state index contributed by atoms with van der Waals surface area (Å²) in [6.45, 7) is 4.73. The lowest BCUT2D eigenvalue weighted by Crippen LogP contribution is -2.60. The normalized spacial score (nSPS) is 15.4. The third-order valence-electron chi connectivity index (χ3n) is 3.70. The van der Waals surface area contributed by atoms with Gasteiger partial charge in [-0.3, -0.25) is 0 Å². The van der Waals surface area contributed by atoms with Crippen LogP contribution in [0.15, 0.2) is 18.2 Å². The van der Waals surface area contributed by atoms with Crippen LogP contribution in [-0.2, 0) is 0 Å². The van der Waals surface area contributed by atoms with Gasteiger partial charge < -0.3 is 20.1 Å². The second-order valence-electron chi connectivity index (χ2n) is 5.91. The Hall–Kier alpha value is -1.89. The van der Waals surface area contributed by atoms with Crippen molar-refractivity contribution in [2.24, 2.45) is 5.92 Å². The van der Waals surface area contributed by atoms with Crippen LogP contribution in [0.5, 0.6) is 5.75 Å². The zero-order chi connectivity index (χ0) is 16.3. The summed E-state index contributed by atoms with van der Waals surface area (Å²) in [7, 11) is 0. The van der Waals surface area contributed by atoms with E-state index in [-0.39, 0.29) is 30.9 Å². The summed E-state index contributed by atoms with van der Waals surface area (Å²) in [6.07, 6.45) is 0. The van der Waals surface area contributed by atoms with E-state index in [4.69, 9.17) is 4.74 Å². The summed E-state index contributed by atoms with van der Waals surface area (Å²) in [4.78, 5) is 13.4. The highest BCUT2D eigenvalue weighted by Crippen LogP contribution is 2.26. The summed E-state index contributed by atoms with van der Waals surface area (Å²) in [5.74, 6) is -1.43. The van der Waals surface area contributed by atoms with Gasteiger partial charge in [-0.25, -0.2) is 13.6 Å². The Morgan fingerprint density at radius 1 is 1.45 bits per heavy atom. The van der Waals surface area contributed by atoms with Crippen molar-refractivity contribution in [3.8, 4) is 5.75 Å². The van der Waals surface area contributed by atoms with Crippen LogP contribution >= 0.6 is 0 Å². The van der Waals surface area contributed by atoms with E-state index in [0.717, 1.165) is 12.1 Å². The van der Waals surface area contributed by atoms with Gasteiger partial charge in [0.15, 0.2) is 11.6 Å². The molecule has 122 valence electrons. The second-order valence-corrected chi connectivity index (χ2v) is 5.91. The van der Waals surface area contributed by atoms with Crippen molar-refractivity contribution in [3.05, 3.63) is 29.8 Å². The lowest BCUT2D eigenvalue weighted by atomic mass is 9.85. The van der Waals surface area contributed by atoms with Crippen molar-refractivity contribution in [2.75, 3.05) is 26.2 Å². The molecule has 2 amide bonds. The molecule has 1 aromatic rings. The number of nitrogens with zero attached hydrogens (tertiary/aromatic N) is 1. The summed E-state index contributed by atoms with van der Waals surface area (Å²) < 4.78 is 31.1. The number of urea groups is 1. The molecule has 5 nitrogen and oxygen atoms in total. The summed E-state index contributed by atoms with van der Waals surface area (Å²) in [6, 6.07) is 2.80. The maximum Gasteiger partial charge on any atom is 0.317 e. The average molecular weight is 314 g/mol. The number of carbonyl (C=O) groups is 1. The maximum atomic E-state index is 13.3. The van der Waals surface area contributed by atoms with Crippen molar-refractivity contribution in [2.45, 2.75) is 19.4 Å². The monoisotopic (exact) mass is 314 g/mol. The molecule has 22 heavy (non-hydrogen) atoms. The average Bonchev–Trinajstić information content (AvgIpc) is 2.33. The Morgan fingerprint density at radius 2 is 2.14 bits per heavy atom. The lowest BCUT2D eigenvalue weighted by molar-refractivity contribution is -0.0457. The van der Waals surface area contributed by atoms with Crippen LogP contribution in [0.4, 0.5) is 13.6 Å². The Kier molecular flexibility index (Phi) is 4.85. The molecule has 0 atom stereocenters. The Bertz CT molecular complexity index is 540. The van der Waals surface area contributed by atoms with Gasteiger partial charge in [-0.2, -0.15) is 0 Å². The molecule has 0 radical (unpaired) electrons. The van der Waals surface area contributed by atoms with E-state index in [9.17, 15) is 18.7 Å². The van der Waals surface area contributed by atoms with E-state index in [2.05, 4.69) is 5.32 Å². The van der Waals surface area contributed by atoms with Crippen LogP contribution in [0.3, 0.4) is 0 Å². The first-order valence-electron chi connectivity index (χ1n) is 7.10. The minimum atomic E-state index is -0.792. The lowest BCUT2D eigenvalue weighted by Gasteiger charge is -2.44. The summed E-state index contributed by atoms with van der Waals surface area (Å²) in [5, 5.41) is 12.4. The first-order valence-corrected chi connectivity index (χ1v) is 7.10. The highest BCUT2D eigenvalue weighted by atomic mass is 19.1. The smallest absolute Gasteiger partial charge is 0.317 e. The molecule has 0 unspecified atom stereocenters. The highest BCUT2D eigenvalue weighted by Gasteiger charge is 2.39. The molecule has 2 N–H and O–H groups in total. The van der Waals surface area contributed by atoms with Crippen LogP contribution < -0.4 is 10.1 Å². The molecule has 1 saturated heterocycles. The first-order chi connectivity index (χ1) is 10.3. The standard InChI is InChI=1S/C15H20F2N2O3/c1-15(2,21)10-8-19(9-10)14(20)18-5-6-22-13-4-3-11(16)7-12(13)17/h3-4,7,10,21H,5-6,8-9H2,1-2H3,(H,18,20). The number of nitrogens with one attached hydrogen (secondary N) is 1. The van der Waals surface area contributed by atoms with Crippen LogP contribution in [0.25, 0.3) is 0 Å². The third-order valence-corrected chi connectivity index (χ3v) is 3.70. The Balaban J connectivity index is 1.66. The van der Waals surface area contributed by atoms with E-state index in [1.807, 2.05) is 0 Å². The molecule has 1 aliphatic heterocycles. The molecule has 0 aliphatic carbocycles. The molecule has 2 rings (SSSR count). The molecule has 0 bridgehead atoms. The molecule has 0 spiro atoms. The zero-order valence-electron chi connectivity index (χ0n) is 12.6. The number of hydrogen-bond donors (Lipinski definition) is 2. The molecule has 1 heterocycles. The van der Waals surface area contributed by atoms with Gasteiger partial charge >= 0.3 is 6.03 Å². The SMILES string of the molecule is CC(C)(O)C1CN(C(=O)NCCOc2ccc(F)cc2F)C1. The van der Waals surface area contributed by atoms with Gasteiger partial charge in [0.1, 0.15) is 12.4 Å². The fraction of sp³-hybridized carbons (Fsp3) is 0.533. The van der Waals surface area contributed by atoms with Gasteiger partial charge in [0.25, 0.3) is 0 Å². The van der Waals surface area contributed by atoms with E-state index in [1.165, 1.54) is 6.07 Å². The molecule has 1 fully saturated rings. The molecule has 1 aliphatic rings. The van der Waals surface area contributed by atoms with E-state index in [1.54, 1.807) is 18.7 Å². The topological polar surface area (TPSA) is 61.8 Å². The molecule has 1 aromatic carbocycles. The number of benzene rings is 1. The molecule has 0 aromatic heterocycles. The number of aliphatic hydroxyl groups is 1. The van der Waals surface area contributed by atoms with Crippen molar-refractivity contribution < 1.29 is 23.4 Å². The number of amides is 2. The number of carbonyl (C=O) groups excluding carboxylic acids is 1. The van der Waals surface area contributed by atoms with Gasteiger partial charge in [0.2, 0.25) is 0 Å². The van der Waals surface area contributed by atoms with Crippen molar-refractivity contribution in [1.29, 1.82) is 0 Å². The number of ether oxygens (including phenoxy) is 1. The van der Waals surface area contributed by atoms with Gasteiger partial charge in [-0.05, 0) is 26.0 Å². The largest absolute Gasteiger partial charge is 0.489 e. The van der Waals surface area contributed by atoms with Crippen LogP contribution in [-0.4, -0.2) is 47.9 Å². The third kappa shape index (κ3) is 4.07. The van der Waals surface area contributed by atoms with Crippen molar-refractivity contribution >= 4 is 6.03 Å². The zero-order valence-corrected chi connectivity index (χ0v) is 12.6. The molecule has 0 saturated carbocycles. The Morgan fingerprint density at radius 3 is 2.73 bits per heavy atom. The number of likely N-dealkylation sites (tertiary alicyclic amines) is 1. The van der Waals surface area contributed by atoms with Gasteiger partial charge in [0.05, 0.1) is 12.1 Å². The predicted molar refractivity (Wildman–Crippen MR) is 76.6 cm³/mol. The van der Waals surface area contributed by atoms with Crippen molar-refractivity contribution in [1.82, 2.24) is 10.2 Å². The van der Waals surface area contributed by atoms with E-state index in [0.29, 0.717) is 13.1 Å². The second kappa shape index (κ2) is 6.48. The molecular weight excluding hydrogens is 294 g/mol. The van der Waals surface area contributed by atoms with Gasteiger partial charge in [-0.15, -0.1) is 0 Å². The maximum absolute atomic E-state index is 13.3. The number of halogens is 2. The van der Waals surface area contributed by atoms with E-state index < -0.39 is 17.2 Å². The predicted octanol–water partition coefficient (Wildman–Crippen LogP) is 1.76. The minimum absolute atomic E-state index is 0.0540. The van der Waals surface area contributed by atoms with Gasteiger partial charge in [-0.1, -0.05) is 0 Å². The van der Waals surface area contributed by atoms with Crippen LogP contribution in [0, 0.1) is 17.6 Å². The van der Waals surface area contributed by atoms with Crippen LogP contribution in [0.1, 0.15) is 13.8 Å². The summed E-state index contributed by atoms with van der Waals surface area (Å²) in [5.41, 5.74) is -0.792. The van der Waals surface area contributed by atoms with Crippen molar-refractivity contribution in [3.63, 3.8) is 0 Å². The fourth-order valence-electron chi connectivity index (χ4n) is 2.11. The first kappa shape index (κ1) is 16.5. The fourth-order valence-corrected chi connectivity index (χ4v) is 2.11. The summed E-state index contributed by atoms with van der Waals surface area (Å²) >= 11 is 0. The molecular formula is C15H20F2N2O3. The Labute approximate surface area is 127 Å². The highest BCUT2D eigenvalue weighted by molar-refractivity contribution is 5.75. The van der Waals surface area contributed by atoms with Gasteiger partial charge in [0, 0.05) is 25.1 Å². The van der Waals surface area contributed by atoms with Crippen LogP contribution in [0.2, 0.25) is 0 Å². The number of rotatable bonds is 5. The quantitative estimate of drug-likeness (QED) is 0.814. The molecule has 7 heteroatoms.